The molecular formula is C19H27FN4O2S. The first-order valence-corrected chi connectivity index (χ1v) is 11.3. The molecule has 1 aromatic rings. The average Bonchev–Trinajstić information content (AvgIpc) is 3.18. The van der Waals surface area contributed by atoms with Crippen LogP contribution in [-0.2, 0) is 10.0 Å². The van der Waals surface area contributed by atoms with Gasteiger partial charge in [-0.25, -0.2) is 12.8 Å². The molecule has 8 heteroatoms. The Kier molecular flexibility index (Phi) is 5.22. The summed E-state index contributed by atoms with van der Waals surface area (Å²) in [6.07, 6.45) is 6.25. The Morgan fingerprint density at radius 1 is 1.15 bits per heavy atom. The zero-order valence-corrected chi connectivity index (χ0v) is 16.3. The van der Waals surface area contributed by atoms with Crippen LogP contribution in [0.5, 0.6) is 0 Å². The van der Waals surface area contributed by atoms with E-state index in [4.69, 9.17) is 4.99 Å². The van der Waals surface area contributed by atoms with Crippen LogP contribution in [0.3, 0.4) is 0 Å². The Morgan fingerprint density at radius 2 is 1.81 bits per heavy atom. The first kappa shape index (κ1) is 18.8. The summed E-state index contributed by atoms with van der Waals surface area (Å²) in [5.74, 6) is 0.580. The fraction of sp³-hybridized carbons (Fsp3) is 0.632. The zero-order chi connectivity index (χ0) is 18.9. The second-order valence-electron chi connectivity index (χ2n) is 7.72. The van der Waals surface area contributed by atoms with E-state index in [0.717, 1.165) is 18.9 Å². The van der Waals surface area contributed by atoms with Gasteiger partial charge in [-0.1, -0.05) is 12.8 Å². The molecule has 0 aromatic heterocycles. The predicted octanol–water partition coefficient (Wildman–Crippen LogP) is 1.88. The largest absolute Gasteiger partial charge is 0.370 e. The first-order valence-electron chi connectivity index (χ1n) is 9.82. The highest BCUT2D eigenvalue weighted by Crippen LogP contribution is 2.30. The summed E-state index contributed by atoms with van der Waals surface area (Å²) in [5.41, 5.74) is -0.254. The summed E-state index contributed by atoms with van der Waals surface area (Å²) >= 11 is 0. The summed E-state index contributed by atoms with van der Waals surface area (Å²) < 4.78 is 40.4. The van der Waals surface area contributed by atoms with Crippen molar-refractivity contribution in [2.45, 2.75) is 55.0 Å². The number of hydrogen-bond donors (Lipinski definition) is 2. The number of piperidine rings is 1. The van der Waals surface area contributed by atoms with E-state index in [-0.39, 0.29) is 10.4 Å². The summed E-state index contributed by atoms with van der Waals surface area (Å²) in [6.45, 7) is 2.44. The molecule has 0 unspecified atom stereocenters. The number of benzene rings is 1. The Balaban J connectivity index is 1.47. The number of halogens is 1. The molecule has 27 heavy (non-hydrogen) atoms. The molecule has 0 radical (unpaired) electrons. The van der Waals surface area contributed by atoms with E-state index in [1.807, 2.05) is 0 Å². The summed E-state index contributed by atoms with van der Waals surface area (Å²) in [4.78, 5) is 4.91. The number of nitrogens with zero attached hydrogens (tertiary/aromatic N) is 2. The molecule has 1 saturated heterocycles. The maximum atomic E-state index is 13.1. The van der Waals surface area contributed by atoms with Gasteiger partial charge in [0, 0.05) is 25.7 Å². The highest BCUT2D eigenvalue weighted by Gasteiger charge is 2.43. The monoisotopic (exact) mass is 394 g/mol. The molecule has 2 fully saturated rings. The van der Waals surface area contributed by atoms with Crippen LogP contribution in [0.2, 0.25) is 0 Å². The molecule has 0 bridgehead atoms. The molecule has 1 spiro atoms. The molecule has 2 aliphatic heterocycles. The number of aliphatic imine (C=N–C) groups is 1. The number of nitrogens with one attached hydrogen (secondary N) is 2. The van der Waals surface area contributed by atoms with Gasteiger partial charge in [-0.05, 0) is 49.9 Å². The molecule has 2 N–H and O–H groups in total. The molecule has 6 nitrogen and oxygen atoms in total. The van der Waals surface area contributed by atoms with Crippen LogP contribution in [0.15, 0.2) is 34.2 Å². The fourth-order valence-corrected chi connectivity index (χ4v) is 5.86. The molecular weight excluding hydrogens is 367 g/mol. The van der Waals surface area contributed by atoms with Crippen molar-refractivity contribution in [3.63, 3.8) is 0 Å². The standard InChI is InChI=1S/C19H27FN4O2S/c20-15-5-7-17(8-6-15)27(25,26)24-13-9-19(10-14-24)18(21-11-12-22-19)23-16-3-1-2-4-16/h5-8,16,22H,1-4,9-14H2,(H,21,23). The predicted molar refractivity (Wildman–Crippen MR) is 103 cm³/mol. The molecule has 148 valence electrons. The van der Waals surface area contributed by atoms with E-state index in [2.05, 4.69) is 10.6 Å². The van der Waals surface area contributed by atoms with Crippen LogP contribution >= 0.6 is 0 Å². The molecule has 0 atom stereocenters. The number of sulfonamides is 1. The molecule has 2 heterocycles. The average molecular weight is 395 g/mol. The maximum Gasteiger partial charge on any atom is 0.243 e. The van der Waals surface area contributed by atoms with Gasteiger partial charge in [-0.3, -0.25) is 4.99 Å². The van der Waals surface area contributed by atoms with Crippen molar-refractivity contribution in [1.82, 2.24) is 14.9 Å². The minimum atomic E-state index is -3.60. The van der Waals surface area contributed by atoms with Gasteiger partial charge >= 0.3 is 0 Å². The van der Waals surface area contributed by atoms with Gasteiger partial charge in [0.15, 0.2) is 0 Å². The second-order valence-corrected chi connectivity index (χ2v) is 9.66. The van der Waals surface area contributed by atoms with Crippen molar-refractivity contribution in [2.24, 2.45) is 4.99 Å². The van der Waals surface area contributed by atoms with Crippen molar-refractivity contribution in [3.8, 4) is 0 Å². The molecule has 1 saturated carbocycles. The van der Waals surface area contributed by atoms with Gasteiger partial charge in [0.25, 0.3) is 0 Å². The summed E-state index contributed by atoms with van der Waals surface area (Å²) in [6, 6.07) is 5.54. The number of amidine groups is 1. The lowest BCUT2D eigenvalue weighted by Gasteiger charge is -2.45. The lowest BCUT2D eigenvalue weighted by atomic mass is 9.85. The van der Waals surface area contributed by atoms with E-state index in [1.54, 1.807) is 0 Å². The second kappa shape index (κ2) is 7.48. The Hall–Kier alpha value is -1.51. The third kappa shape index (κ3) is 3.75. The van der Waals surface area contributed by atoms with E-state index < -0.39 is 15.8 Å². The number of hydrogen-bond acceptors (Lipinski definition) is 5. The molecule has 1 aromatic carbocycles. The van der Waals surface area contributed by atoms with Gasteiger partial charge in [-0.2, -0.15) is 4.31 Å². The van der Waals surface area contributed by atoms with E-state index in [1.165, 1.54) is 54.3 Å². The molecule has 1 aliphatic carbocycles. The van der Waals surface area contributed by atoms with Crippen molar-refractivity contribution < 1.29 is 12.8 Å². The Labute approximate surface area is 160 Å². The smallest absolute Gasteiger partial charge is 0.243 e. The lowest BCUT2D eigenvalue weighted by molar-refractivity contribution is 0.240. The van der Waals surface area contributed by atoms with Gasteiger partial charge in [0.05, 0.1) is 17.0 Å². The van der Waals surface area contributed by atoms with Crippen LogP contribution < -0.4 is 10.6 Å². The zero-order valence-electron chi connectivity index (χ0n) is 15.5. The third-order valence-corrected chi connectivity index (χ3v) is 7.93. The quantitative estimate of drug-likeness (QED) is 0.821. The van der Waals surface area contributed by atoms with E-state index in [9.17, 15) is 12.8 Å². The third-order valence-electron chi connectivity index (χ3n) is 6.02. The normalized spacial score (nSPS) is 24.1. The van der Waals surface area contributed by atoms with Crippen LogP contribution in [0.25, 0.3) is 0 Å². The van der Waals surface area contributed by atoms with Crippen LogP contribution in [0.4, 0.5) is 4.39 Å². The van der Waals surface area contributed by atoms with Crippen molar-refractivity contribution in [2.75, 3.05) is 26.2 Å². The van der Waals surface area contributed by atoms with Crippen LogP contribution in [0, 0.1) is 5.82 Å². The SMILES string of the molecule is O=S(=O)(c1ccc(F)cc1)N1CCC2(CC1)NCCN=C2NC1CCCC1. The topological polar surface area (TPSA) is 73.8 Å². The minimum Gasteiger partial charge on any atom is -0.370 e. The Bertz CT molecular complexity index is 796. The lowest BCUT2D eigenvalue weighted by Crippen LogP contribution is -2.65. The Morgan fingerprint density at radius 3 is 2.48 bits per heavy atom. The number of rotatable bonds is 3. The van der Waals surface area contributed by atoms with E-state index in [0.29, 0.717) is 32.0 Å². The molecule has 3 aliphatic rings. The maximum absolute atomic E-state index is 13.1. The van der Waals surface area contributed by atoms with Gasteiger partial charge in [0.2, 0.25) is 10.0 Å². The minimum absolute atomic E-state index is 0.148. The first-order chi connectivity index (χ1) is 13.0. The highest BCUT2D eigenvalue weighted by atomic mass is 32.2. The van der Waals surface area contributed by atoms with Gasteiger partial charge < -0.3 is 10.6 Å². The van der Waals surface area contributed by atoms with Crippen molar-refractivity contribution in [1.29, 1.82) is 0 Å². The van der Waals surface area contributed by atoms with Crippen LogP contribution in [0.1, 0.15) is 38.5 Å². The van der Waals surface area contributed by atoms with Gasteiger partial charge in [0.1, 0.15) is 11.7 Å². The van der Waals surface area contributed by atoms with E-state index >= 15 is 0 Å². The van der Waals surface area contributed by atoms with Gasteiger partial charge in [-0.15, -0.1) is 0 Å². The van der Waals surface area contributed by atoms with Crippen molar-refractivity contribution in [3.05, 3.63) is 30.1 Å². The summed E-state index contributed by atoms with van der Waals surface area (Å²) in [7, 11) is -3.60. The highest BCUT2D eigenvalue weighted by molar-refractivity contribution is 7.89. The summed E-state index contributed by atoms with van der Waals surface area (Å²) in [5, 5.41) is 7.26. The van der Waals surface area contributed by atoms with Crippen LogP contribution in [-0.4, -0.2) is 56.3 Å². The fourth-order valence-electron chi connectivity index (χ4n) is 4.42. The van der Waals surface area contributed by atoms with Crippen molar-refractivity contribution >= 4 is 15.9 Å². The molecule has 0 amide bonds. The molecule has 4 rings (SSSR count).